The van der Waals surface area contributed by atoms with E-state index < -0.39 is 0 Å². The SMILES string of the molecule is [B]N1CC2CN(Nc3c(C(=C)N)cnc4[nH]ccc34)CC2C1. The summed E-state index contributed by atoms with van der Waals surface area (Å²) in [6, 6.07) is 2.01. The summed E-state index contributed by atoms with van der Waals surface area (Å²) in [5.74, 6) is 1.26. The molecule has 2 saturated heterocycles. The monoisotopic (exact) mass is 294 g/mol. The summed E-state index contributed by atoms with van der Waals surface area (Å²) < 4.78 is 0. The van der Waals surface area contributed by atoms with Crippen LogP contribution in [-0.4, -0.2) is 53.9 Å². The lowest BCUT2D eigenvalue weighted by Gasteiger charge is -2.23. The average Bonchev–Trinajstić information content (AvgIpc) is 3.12. The molecule has 112 valence electrons. The number of hydrogen-bond donors (Lipinski definition) is 3. The minimum atomic E-state index is 0.519. The van der Waals surface area contributed by atoms with Gasteiger partial charge in [0.05, 0.1) is 5.69 Å². The third-order valence-corrected chi connectivity index (χ3v) is 4.72. The number of aromatic amines is 1. The Morgan fingerprint density at radius 1 is 1.36 bits per heavy atom. The van der Waals surface area contributed by atoms with Crippen LogP contribution in [0.1, 0.15) is 5.56 Å². The predicted octanol–water partition coefficient (Wildman–Crippen LogP) is 0.766. The molecule has 2 radical (unpaired) electrons. The first-order valence-electron chi connectivity index (χ1n) is 7.54. The Hall–Kier alpha value is -1.99. The molecule has 0 amide bonds. The van der Waals surface area contributed by atoms with Crippen molar-refractivity contribution >= 4 is 30.4 Å². The molecule has 0 spiro atoms. The lowest BCUT2D eigenvalue weighted by atomic mass is 10.0. The van der Waals surface area contributed by atoms with Crippen molar-refractivity contribution < 1.29 is 0 Å². The summed E-state index contributed by atoms with van der Waals surface area (Å²) in [6.45, 7) is 7.78. The number of fused-ring (bicyclic) bond motifs is 2. The highest BCUT2D eigenvalue weighted by molar-refractivity contribution is 6.04. The van der Waals surface area contributed by atoms with Crippen LogP contribution in [0.15, 0.2) is 25.0 Å². The van der Waals surface area contributed by atoms with E-state index in [4.69, 9.17) is 13.7 Å². The van der Waals surface area contributed by atoms with Crippen LogP contribution >= 0.6 is 0 Å². The largest absolute Gasteiger partial charge is 0.399 e. The number of hydrogen-bond acceptors (Lipinski definition) is 5. The van der Waals surface area contributed by atoms with E-state index in [1.807, 2.05) is 17.1 Å². The van der Waals surface area contributed by atoms with Crippen LogP contribution in [0.4, 0.5) is 5.69 Å². The molecule has 0 aliphatic carbocycles. The molecule has 2 aromatic rings. The third-order valence-electron chi connectivity index (χ3n) is 4.72. The molecule has 2 aromatic heterocycles. The number of hydrazine groups is 1. The van der Waals surface area contributed by atoms with Gasteiger partial charge < -0.3 is 21.0 Å². The van der Waals surface area contributed by atoms with Crippen molar-refractivity contribution in [2.24, 2.45) is 17.6 Å². The first-order chi connectivity index (χ1) is 10.6. The Morgan fingerprint density at radius 3 is 2.77 bits per heavy atom. The normalized spacial score (nSPS) is 25.6. The molecule has 4 rings (SSSR count). The Kier molecular flexibility index (Phi) is 3.13. The van der Waals surface area contributed by atoms with Gasteiger partial charge in [0.15, 0.2) is 7.98 Å². The van der Waals surface area contributed by atoms with Crippen molar-refractivity contribution in [3.63, 3.8) is 0 Å². The molecule has 22 heavy (non-hydrogen) atoms. The highest BCUT2D eigenvalue weighted by Gasteiger charge is 2.38. The molecule has 2 fully saturated rings. The number of pyridine rings is 1. The van der Waals surface area contributed by atoms with E-state index in [1.54, 1.807) is 6.20 Å². The summed E-state index contributed by atoms with van der Waals surface area (Å²) in [5, 5.41) is 3.29. The van der Waals surface area contributed by atoms with Gasteiger partial charge in [-0.15, -0.1) is 0 Å². The molecule has 0 saturated carbocycles. The Morgan fingerprint density at radius 2 is 2.09 bits per heavy atom. The van der Waals surface area contributed by atoms with Gasteiger partial charge in [-0.25, -0.2) is 9.99 Å². The first-order valence-corrected chi connectivity index (χ1v) is 7.54. The average molecular weight is 294 g/mol. The lowest BCUT2D eigenvalue weighted by molar-refractivity contribution is 0.352. The maximum Gasteiger partial charge on any atom is 0.182 e. The zero-order chi connectivity index (χ0) is 15.3. The van der Waals surface area contributed by atoms with Crippen LogP contribution in [0.5, 0.6) is 0 Å². The molecule has 2 aliphatic heterocycles. The molecule has 6 nitrogen and oxygen atoms in total. The smallest absolute Gasteiger partial charge is 0.182 e. The van der Waals surface area contributed by atoms with Gasteiger partial charge in [-0.3, -0.25) is 0 Å². The Balaban J connectivity index is 1.63. The van der Waals surface area contributed by atoms with E-state index in [9.17, 15) is 0 Å². The van der Waals surface area contributed by atoms with Crippen molar-refractivity contribution in [1.82, 2.24) is 19.8 Å². The number of nitrogens with zero attached hydrogens (tertiary/aromatic N) is 3. The maximum absolute atomic E-state index is 5.93. The van der Waals surface area contributed by atoms with Gasteiger partial charge in [0, 0.05) is 42.1 Å². The molecule has 4 heterocycles. The second-order valence-electron chi connectivity index (χ2n) is 6.30. The molecule has 0 aromatic carbocycles. The van der Waals surface area contributed by atoms with Crippen molar-refractivity contribution in [2.75, 3.05) is 31.6 Å². The van der Waals surface area contributed by atoms with Crippen molar-refractivity contribution in [2.45, 2.75) is 0 Å². The van der Waals surface area contributed by atoms with Gasteiger partial charge >= 0.3 is 0 Å². The zero-order valence-electron chi connectivity index (χ0n) is 12.4. The molecule has 2 aliphatic rings. The third kappa shape index (κ3) is 2.17. The van der Waals surface area contributed by atoms with E-state index in [2.05, 4.69) is 27.0 Å². The number of nitrogens with two attached hydrogens (primary N) is 1. The first kappa shape index (κ1) is 13.7. The van der Waals surface area contributed by atoms with Crippen molar-refractivity contribution in [3.05, 3.63) is 30.6 Å². The number of aromatic nitrogens is 2. The second-order valence-corrected chi connectivity index (χ2v) is 6.30. The molecule has 7 heteroatoms. The van der Waals surface area contributed by atoms with Crippen molar-refractivity contribution in [1.29, 1.82) is 0 Å². The second kappa shape index (κ2) is 5.03. The maximum atomic E-state index is 5.93. The van der Waals surface area contributed by atoms with Crippen LogP contribution in [-0.2, 0) is 0 Å². The zero-order valence-corrected chi connectivity index (χ0v) is 12.4. The summed E-state index contributed by atoms with van der Waals surface area (Å²) in [5.41, 5.74) is 12.7. The van der Waals surface area contributed by atoms with Crippen LogP contribution < -0.4 is 11.2 Å². The fourth-order valence-corrected chi connectivity index (χ4v) is 3.65. The summed E-state index contributed by atoms with van der Waals surface area (Å²) in [6.07, 6.45) is 3.65. The number of H-pyrrole nitrogens is 1. The molecule has 0 bridgehead atoms. The van der Waals surface area contributed by atoms with E-state index in [1.165, 1.54) is 0 Å². The van der Waals surface area contributed by atoms with Gasteiger partial charge in [-0.2, -0.15) is 0 Å². The molecule has 4 N–H and O–H groups in total. The molecule has 2 atom stereocenters. The van der Waals surface area contributed by atoms with Gasteiger partial charge in [0.2, 0.25) is 0 Å². The van der Waals surface area contributed by atoms with E-state index in [-0.39, 0.29) is 0 Å². The highest BCUT2D eigenvalue weighted by Crippen LogP contribution is 2.33. The standard InChI is InChI=1S/C15H19BN6/c1-9(17)13-4-19-15-12(2-3-18-15)14(13)20-22-7-10-5-21(16)6-11(10)8-22/h2-4,10-11H,1,5-8,17H2,(H2,18,19,20). The fraction of sp³-hybridized carbons (Fsp3) is 0.400. The number of anilines is 1. The Bertz CT molecular complexity index is 712. The summed E-state index contributed by atoms with van der Waals surface area (Å²) in [7, 11) is 5.90. The van der Waals surface area contributed by atoms with Crippen molar-refractivity contribution in [3.8, 4) is 0 Å². The van der Waals surface area contributed by atoms with Gasteiger partial charge in [0.25, 0.3) is 0 Å². The van der Waals surface area contributed by atoms with Gasteiger partial charge in [-0.05, 0) is 31.0 Å². The van der Waals surface area contributed by atoms with Crippen LogP contribution in [0, 0.1) is 11.8 Å². The summed E-state index contributed by atoms with van der Waals surface area (Å²) >= 11 is 0. The molecular formula is C15H19BN6. The topological polar surface area (TPSA) is 73.2 Å². The van der Waals surface area contributed by atoms with Gasteiger partial charge in [0.1, 0.15) is 5.65 Å². The van der Waals surface area contributed by atoms with Crippen LogP contribution in [0.3, 0.4) is 0 Å². The lowest BCUT2D eigenvalue weighted by Crippen LogP contribution is -2.32. The van der Waals surface area contributed by atoms with E-state index >= 15 is 0 Å². The minimum Gasteiger partial charge on any atom is -0.399 e. The summed E-state index contributed by atoms with van der Waals surface area (Å²) in [4.78, 5) is 9.45. The van der Waals surface area contributed by atoms with E-state index in [0.717, 1.165) is 48.5 Å². The molecule has 2 unspecified atom stereocenters. The van der Waals surface area contributed by atoms with Gasteiger partial charge in [-0.1, -0.05) is 6.58 Å². The Labute approximate surface area is 130 Å². The number of rotatable bonds is 3. The molecular weight excluding hydrogens is 275 g/mol. The fourth-order valence-electron chi connectivity index (χ4n) is 3.65. The predicted molar refractivity (Wildman–Crippen MR) is 88.8 cm³/mol. The van der Waals surface area contributed by atoms with E-state index in [0.29, 0.717) is 17.5 Å². The highest BCUT2D eigenvalue weighted by atomic mass is 15.5. The van der Waals surface area contributed by atoms with Crippen LogP contribution in [0.25, 0.3) is 16.7 Å². The quantitative estimate of drug-likeness (QED) is 0.729. The minimum absolute atomic E-state index is 0.519. The van der Waals surface area contributed by atoms with Crippen LogP contribution in [0.2, 0.25) is 0 Å². The number of nitrogens with one attached hydrogen (secondary N) is 2.